The number of amides is 10. The van der Waals surface area contributed by atoms with E-state index in [2.05, 4.69) is 16.0 Å². The van der Waals surface area contributed by atoms with Gasteiger partial charge in [0.15, 0.2) is 5.78 Å². The maximum Gasteiger partial charge on any atom is 0.246 e. The fourth-order valence-corrected chi connectivity index (χ4v) is 11.4. The summed E-state index contributed by atoms with van der Waals surface area (Å²) in [5.74, 6) is -9.03. The zero-order valence-corrected chi connectivity index (χ0v) is 55.7. The van der Waals surface area contributed by atoms with Crippen molar-refractivity contribution in [2.24, 2.45) is 47.3 Å². The van der Waals surface area contributed by atoms with Crippen molar-refractivity contribution in [2.45, 2.75) is 229 Å². The van der Waals surface area contributed by atoms with Crippen molar-refractivity contribution < 1.29 is 57.5 Å². The van der Waals surface area contributed by atoms with Crippen molar-refractivity contribution in [3.05, 3.63) is 0 Å². The Bertz CT molecular complexity index is 2310. The van der Waals surface area contributed by atoms with Crippen LogP contribution in [-0.4, -0.2) is 222 Å². The molecule has 0 aromatic carbocycles. The molecular weight excluding hydrogens is 1080 g/mol. The lowest BCUT2D eigenvalue weighted by molar-refractivity contribution is -0.157. The number of rotatable bonds is 12. The molecule has 0 spiro atoms. The van der Waals surface area contributed by atoms with Crippen molar-refractivity contribution in [3.8, 4) is 0 Å². The number of nitrogens with one attached hydrogen (secondary N) is 3. The van der Waals surface area contributed by atoms with Crippen molar-refractivity contribution in [1.29, 1.82) is 0 Å². The molecule has 2 rings (SSSR count). The van der Waals surface area contributed by atoms with Gasteiger partial charge in [0.25, 0.3) is 0 Å². The van der Waals surface area contributed by atoms with Gasteiger partial charge in [-0.3, -0.25) is 52.7 Å². The Morgan fingerprint density at radius 1 is 0.452 bits per heavy atom. The molecule has 2 aliphatic heterocycles. The van der Waals surface area contributed by atoms with Crippen LogP contribution in [-0.2, 0) is 57.5 Å². The largest absolute Gasteiger partial charge is 0.375 e. The van der Waals surface area contributed by atoms with E-state index in [1.165, 1.54) is 97.5 Å². The third kappa shape index (κ3) is 19.2. The molecule has 480 valence electrons. The van der Waals surface area contributed by atoms with Crippen LogP contribution in [0.25, 0.3) is 0 Å². The van der Waals surface area contributed by atoms with Gasteiger partial charge in [0.1, 0.15) is 54.4 Å². The lowest BCUT2D eigenvalue weighted by Gasteiger charge is -2.41. The molecule has 2 saturated heterocycles. The summed E-state index contributed by atoms with van der Waals surface area (Å²) in [6.07, 6.45) is 0.312. The summed E-state index contributed by atoms with van der Waals surface area (Å²) in [5, 5.41) is 8.54. The molecule has 84 heavy (non-hydrogen) atoms. The van der Waals surface area contributed by atoms with Crippen molar-refractivity contribution in [1.82, 2.24) is 50.2 Å². The van der Waals surface area contributed by atoms with E-state index in [0.717, 1.165) is 0 Å². The van der Waals surface area contributed by atoms with Gasteiger partial charge < -0.3 is 55.0 Å². The highest BCUT2D eigenvalue weighted by Gasteiger charge is 2.47. The molecule has 0 aliphatic carbocycles. The summed E-state index contributed by atoms with van der Waals surface area (Å²) >= 11 is 0. The first kappa shape index (κ1) is 74.4. The first-order valence-electron chi connectivity index (χ1n) is 30.7. The van der Waals surface area contributed by atoms with Gasteiger partial charge in [0, 0.05) is 68.3 Å². The number of nitrogens with zero attached hydrogens (tertiary/aromatic N) is 7. The van der Waals surface area contributed by atoms with Crippen LogP contribution in [0.15, 0.2) is 0 Å². The Balaban J connectivity index is 2.95. The van der Waals surface area contributed by atoms with Crippen LogP contribution in [0.5, 0.6) is 0 Å². The van der Waals surface area contributed by atoms with E-state index in [1.807, 2.05) is 62.3 Å². The molecule has 2 aliphatic rings. The van der Waals surface area contributed by atoms with E-state index >= 15 is 9.59 Å². The highest BCUT2D eigenvalue weighted by atomic mass is 16.5. The van der Waals surface area contributed by atoms with E-state index in [1.54, 1.807) is 41.5 Å². The minimum absolute atomic E-state index is 0.0851. The molecule has 3 N–H and O–H groups in total. The first-order valence-corrected chi connectivity index (χ1v) is 30.7. The summed E-state index contributed by atoms with van der Waals surface area (Å²) < 4.78 is 6.18. The number of Topliss-reactive ketones (excluding diaryl/α,β-unsaturated/α-hetero) is 1. The third-order valence-corrected chi connectivity index (χ3v) is 17.0. The van der Waals surface area contributed by atoms with Gasteiger partial charge in [0.2, 0.25) is 59.1 Å². The third-order valence-electron chi connectivity index (χ3n) is 17.0. The molecule has 22 nitrogen and oxygen atoms in total. The Hall–Kier alpha value is -5.67. The topological polar surface area (TPSA) is 256 Å². The predicted octanol–water partition coefficient (Wildman–Crippen LogP) is 4.21. The normalized spacial score (nSPS) is 29.9. The SMILES string of the molecule is CC[C@H]1NC(=O)[C@H]([C@H]2OCC[C@H]2C)N(C)C(=O)[C@@H](C(C)C)N(C)C(=O)[C@@H](CC(C)C)N(C)C(=O)[C@@H](CC(C)C)N(C)C(=O)[C@H](C)CC(=O)[C@@H](C)NC(=O)[C@@H](CC(C)C)N(C)C(=O)[C@@H](C(C)C)NC(=O)[C@H](CC(C)C)N(C)C(=O)[C@@H](C)N(C)C1=O. The summed E-state index contributed by atoms with van der Waals surface area (Å²) in [5.41, 5.74) is 0. The van der Waals surface area contributed by atoms with Gasteiger partial charge >= 0.3 is 0 Å². The average molecular weight is 1190 g/mol. The minimum atomic E-state index is -1.29. The smallest absolute Gasteiger partial charge is 0.246 e. The Kier molecular flexibility index (Phi) is 29.0. The van der Waals surface area contributed by atoms with E-state index in [4.69, 9.17) is 4.74 Å². The fourth-order valence-electron chi connectivity index (χ4n) is 11.4. The Morgan fingerprint density at radius 3 is 1.31 bits per heavy atom. The zero-order valence-electron chi connectivity index (χ0n) is 55.7. The van der Waals surface area contributed by atoms with Crippen LogP contribution in [0.2, 0.25) is 0 Å². The first-order chi connectivity index (χ1) is 38.8. The number of carbonyl (C=O) groups excluding carboxylic acids is 11. The number of hydrogen-bond donors (Lipinski definition) is 3. The zero-order chi connectivity index (χ0) is 64.8. The lowest BCUT2D eigenvalue weighted by Crippen LogP contribution is -2.63. The van der Waals surface area contributed by atoms with Crippen molar-refractivity contribution >= 4 is 64.9 Å². The monoisotopic (exact) mass is 1190 g/mol. The summed E-state index contributed by atoms with van der Waals surface area (Å²) in [6, 6.07) is -11.5. The quantitative estimate of drug-likeness (QED) is 0.249. The number of ketones is 1. The van der Waals surface area contributed by atoms with Crippen molar-refractivity contribution in [3.63, 3.8) is 0 Å². The number of hydrogen-bond acceptors (Lipinski definition) is 12. The summed E-state index contributed by atoms with van der Waals surface area (Å²) in [7, 11) is 10.3. The van der Waals surface area contributed by atoms with Gasteiger partial charge in [-0.15, -0.1) is 0 Å². The second kappa shape index (κ2) is 32.7. The highest BCUT2D eigenvalue weighted by Crippen LogP contribution is 2.29. The maximum atomic E-state index is 15.2. The standard InChI is InChI=1S/C62H110N10O12/c1-25-43-58(79)66(18)42(17)57(78)67(19)45(29-34(4)5)54(75)65-49(37(10)11)61(82)68(20)44(28-33(2)3)53(74)63-41(16)48(73)32-40(15)56(77)69(21)46(30-35(6)7)59(80)70(22)47(31-36(8)9)60(81)71(23)50(38(12)13)62(83)72(24)51(55(76)64-43)52-39(14)26-27-84-52/h33-47,49-52H,25-32H2,1-24H3,(H,63,74)(H,64,76)(H,65,75)/t39-,40-,41-,42-,43-,44-,45+,46-,47-,49-,50-,51+,52+/m1/s1. The van der Waals surface area contributed by atoms with E-state index < -0.39 is 149 Å². The Morgan fingerprint density at radius 2 is 0.881 bits per heavy atom. The van der Waals surface area contributed by atoms with Crippen LogP contribution < -0.4 is 16.0 Å². The molecule has 0 aromatic rings. The lowest BCUT2D eigenvalue weighted by atomic mass is 9.93. The molecule has 0 aromatic heterocycles. The van der Waals surface area contributed by atoms with Crippen LogP contribution in [0.1, 0.15) is 163 Å². The van der Waals surface area contributed by atoms with Crippen LogP contribution in [0.4, 0.5) is 0 Å². The number of likely N-dealkylation sites (N-methyl/N-ethyl adjacent to an activating group) is 7. The second-order valence-electron chi connectivity index (χ2n) is 26.6. The van der Waals surface area contributed by atoms with Gasteiger partial charge in [-0.05, 0) is 93.8 Å². The molecule has 0 radical (unpaired) electrons. The molecule has 10 amide bonds. The molecule has 13 atom stereocenters. The molecule has 22 heteroatoms. The van der Waals surface area contributed by atoms with Crippen LogP contribution in [0.3, 0.4) is 0 Å². The van der Waals surface area contributed by atoms with Gasteiger partial charge in [-0.25, -0.2) is 0 Å². The fraction of sp³-hybridized carbons (Fsp3) is 0.823. The van der Waals surface area contributed by atoms with Crippen molar-refractivity contribution in [2.75, 3.05) is 55.9 Å². The molecule has 2 heterocycles. The molecule has 0 bridgehead atoms. The van der Waals surface area contributed by atoms with E-state index in [-0.39, 0.29) is 68.1 Å². The van der Waals surface area contributed by atoms with E-state index in [0.29, 0.717) is 13.0 Å². The number of ether oxygens (including phenoxy) is 1. The molecular formula is C62H110N10O12. The van der Waals surface area contributed by atoms with Crippen LogP contribution in [0, 0.1) is 47.3 Å². The van der Waals surface area contributed by atoms with Gasteiger partial charge in [-0.2, -0.15) is 0 Å². The van der Waals surface area contributed by atoms with E-state index in [9.17, 15) is 43.2 Å². The molecule has 2 fully saturated rings. The molecule has 0 unspecified atom stereocenters. The minimum Gasteiger partial charge on any atom is -0.375 e. The summed E-state index contributed by atoms with van der Waals surface area (Å²) in [4.78, 5) is 170. The molecule has 0 saturated carbocycles. The van der Waals surface area contributed by atoms with Gasteiger partial charge in [-0.1, -0.05) is 104 Å². The number of carbonyl (C=O) groups is 11. The maximum absolute atomic E-state index is 15.2. The summed E-state index contributed by atoms with van der Waals surface area (Å²) in [6.45, 7) is 30.7. The predicted molar refractivity (Wildman–Crippen MR) is 323 cm³/mol. The van der Waals surface area contributed by atoms with Gasteiger partial charge in [0.05, 0.1) is 12.1 Å². The Labute approximate surface area is 503 Å². The second-order valence-corrected chi connectivity index (χ2v) is 26.6. The van der Waals surface area contributed by atoms with Crippen LogP contribution >= 0.6 is 0 Å². The average Bonchev–Trinajstić information content (AvgIpc) is 2.83. The highest BCUT2D eigenvalue weighted by molar-refractivity contribution is 6.00.